The maximum Gasteiger partial charge on any atom is 0.261 e. The Morgan fingerprint density at radius 1 is 1.12 bits per heavy atom. The third kappa shape index (κ3) is 3.85. The summed E-state index contributed by atoms with van der Waals surface area (Å²) >= 11 is 3.36. The van der Waals surface area contributed by atoms with E-state index in [0.29, 0.717) is 26.6 Å². The molecule has 1 amide bonds. The SMILES string of the molecule is O=C(Nc1ccc2cnn(C3CC(F)(F)C3)c2n1)c1c(F)cc(Br)cc1N1CCC2(CC1)CC2. The van der Waals surface area contributed by atoms with E-state index in [9.17, 15) is 13.6 Å². The van der Waals surface area contributed by atoms with Crippen LogP contribution in [0.15, 0.2) is 34.9 Å². The summed E-state index contributed by atoms with van der Waals surface area (Å²) in [5, 5.41) is 7.61. The zero-order chi connectivity index (χ0) is 23.7. The Labute approximate surface area is 202 Å². The Bertz CT molecular complexity index is 1290. The third-order valence-electron chi connectivity index (χ3n) is 7.48. The van der Waals surface area contributed by atoms with Gasteiger partial charge in [0.25, 0.3) is 11.8 Å². The monoisotopic (exact) mass is 533 g/mol. The lowest BCUT2D eigenvalue weighted by Gasteiger charge is -2.35. The van der Waals surface area contributed by atoms with E-state index in [0.717, 1.165) is 25.9 Å². The van der Waals surface area contributed by atoms with Crippen LogP contribution in [0.5, 0.6) is 0 Å². The number of anilines is 2. The molecule has 10 heteroatoms. The standard InChI is InChI=1S/C24H23BrF3N5O/c25-15-9-17(26)20(18(10-15)32-7-5-23(3-4-23)6-8-32)22(34)31-19-2-1-14-13-29-33(21(14)30-19)16-11-24(27,28)12-16/h1-2,9-10,13,16H,3-8,11-12H2,(H,30,31,34). The van der Waals surface area contributed by atoms with Crippen LogP contribution in [0, 0.1) is 11.2 Å². The number of benzene rings is 1. The highest BCUT2D eigenvalue weighted by molar-refractivity contribution is 9.10. The van der Waals surface area contributed by atoms with Crippen LogP contribution in [0.2, 0.25) is 0 Å². The molecule has 1 aromatic carbocycles. The summed E-state index contributed by atoms with van der Waals surface area (Å²) in [5.41, 5.74) is 1.41. The molecule has 3 aliphatic rings. The van der Waals surface area contributed by atoms with Crippen LogP contribution in [0.25, 0.3) is 11.0 Å². The van der Waals surface area contributed by atoms with Gasteiger partial charge >= 0.3 is 0 Å². The fourth-order valence-electron chi connectivity index (χ4n) is 5.17. The van der Waals surface area contributed by atoms with Crippen molar-refractivity contribution in [2.45, 2.75) is 50.5 Å². The quantitative estimate of drug-likeness (QED) is 0.451. The van der Waals surface area contributed by atoms with Gasteiger partial charge in [-0.3, -0.25) is 4.79 Å². The summed E-state index contributed by atoms with van der Waals surface area (Å²) in [6.07, 6.45) is 5.60. The van der Waals surface area contributed by atoms with Crippen molar-refractivity contribution >= 4 is 44.4 Å². The predicted molar refractivity (Wildman–Crippen MR) is 126 cm³/mol. The van der Waals surface area contributed by atoms with Crippen molar-refractivity contribution in [1.29, 1.82) is 0 Å². The van der Waals surface area contributed by atoms with Gasteiger partial charge in [0.15, 0.2) is 5.65 Å². The van der Waals surface area contributed by atoms with E-state index in [1.165, 1.54) is 23.6 Å². The van der Waals surface area contributed by atoms with Gasteiger partial charge in [0.2, 0.25) is 0 Å². The number of fused-ring (bicyclic) bond motifs is 1. The number of hydrogen-bond acceptors (Lipinski definition) is 4. The number of carbonyl (C=O) groups is 1. The Morgan fingerprint density at radius 2 is 1.85 bits per heavy atom. The van der Waals surface area contributed by atoms with E-state index in [4.69, 9.17) is 0 Å². The van der Waals surface area contributed by atoms with E-state index in [1.54, 1.807) is 24.4 Å². The van der Waals surface area contributed by atoms with Gasteiger partial charge in [0.1, 0.15) is 11.6 Å². The minimum Gasteiger partial charge on any atom is -0.371 e. The van der Waals surface area contributed by atoms with Crippen molar-refractivity contribution in [3.8, 4) is 0 Å². The topological polar surface area (TPSA) is 63.1 Å². The smallest absolute Gasteiger partial charge is 0.261 e. The van der Waals surface area contributed by atoms with E-state index >= 15 is 4.39 Å². The van der Waals surface area contributed by atoms with E-state index in [1.807, 2.05) is 0 Å². The van der Waals surface area contributed by atoms with Crippen LogP contribution in [-0.4, -0.2) is 39.7 Å². The number of nitrogens with one attached hydrogen (secondary N) is 1. The molecule has 34 heavy (non-hydrogen) atoms. The number of aromatic nitrogens is 3. The summed E-state index contributed by atoms with van der Waals surface area (Å²) < 4.78 is 43.8. The zero-order valence-corrected chi connectivity index (χ0v) is 19.9. The van der Waals surface area contributed by atoms with Crippen molar-refractivity contribution in [2.24, 2.45) is 5.41 Å². The van der Waals surface area contributed by atoms with Crippen LogP contribution in [-0.2, 0) is 0 Å². The van der Waals surface area contributed by atoms with Crippen LogP contribution in [0.3, 0.4) is 0 Å². The average Bonchev–Trinajstić information content (AvgIpc) is 3.38. The first-order valence-electron chi connectivity index (χ1n) is 11.5. The number of hydrogen-bond donors (Lipinski definition) is 1. The van der Waals surface area contributed by atoms with Crippen LogP contribution in [0.1, 0.15) is 54.9 Å². The lowest BCUT2D eigenvalue weighted by Crippen LogP contribution is -2.37. The number of piperidine rings is 1. The fraction of sp³-hybridized carbons (Fsp3) is 0.458. The van der Waals surface area contributed by atoms with Crippen molar-refractivity contribution in [1.82, 2.24) is 14.8 Å². The van der Waals surface area contributed by atoms with Crippen molar-refractivity contribution < 1.29 is 18.0 Å². The molecular formula is C24H23BrF3N5O. The Kier molecular flexibility index (Phi) is 4.95. The summed E-state index contributed by atoms with van der Waals surface area (Å²) in [4.78, 5) is 19.8. The second-order valence-corrected chi connectivity index (χ2v) is 10.8. The summed E-state index contributed by atoms with van der Waals surface area (Å²) in [5.74, 6) is -3.68. The first-order valence-corrected chi connectivity index (χ1v) is 12.3. The average molecular weight is 534 g/mol. The first kappa shape index (κ1) is 21.9. The molecule has 0 radical (unpaired) electrons. The minimum absolute atomic E-state index is 0.0241. The molecule has 3 fully saturated rings. The Balaban J connectivity index is 1.27. The number of pyridine rings is 1. The lowest BCUT2D eigenvalue weighted by molar-refractivity contribution is -0.106. The van der Waals surface area contributed by atoms with E-state index in [2.05, 4.69) is 36.2 Å². The van der Waals surface area contributed by atoms with Gasteiger partial charge in [-0.25, -0.2) is 22.8 Å². The number of alkyl halides is 2. The predicted octanol–water partition coefficient (Wildman–Crippen LogP) is 5.94. The van der Waals surface area contributed by atoms with Crippen molar-refractivity contribution in [3.05, 3.63) is 46.3 Å². The fourth-order valence-corrected chi connectivity index (χ4v) is 5.59. The molecule has 6 rings (SSSR count). The molecule has 0 atom stereocenters. The lowest BCUT2D eigenvalue weighted by atomic mass is 9.88. The number of rotatable bonds is 4. The highest BCUT2D eigenvalue weighted by Crippen LogP contribution is 2.54. The summed E-state index contributed by atoms with van der Waals surface area (Å²) in [6.45, 7) is 1.57. The molecule has 0 bridgehead atoms. The molecule has 6 nitrogen and oxygen atoms in total. The molecule has 2 aliphatic carbocycles. The summed E-state index contributed by atoms with van der Waals surface area (Å²) in [7, 11) is 0. The van der Waals surface area contributed by atoms with Crippen LogP contribution < -0.4 is 10.2 Å². The molecule has 1 N–H and O–H groups in total. The molecule has 1 saturated heterocycles. The highest BCUT2D eigenvalue weighted by atomic mass is 79.9. The van der Waals surface area contributed by atoms with Crippen molar-refractivity contribution in [3.63, 3.8) is 0 Å². The molecule has 0 unspecified atom stereocenters. The van der Waals surface area contributed by atoms with Gasteiger partial charge in [-0.2, -0.15) is 5.10 Å². The number of carbonyl (C=O) groups excluding carboxylic acids is 1. The normalized spacial score (nSPS) is 21.0. The van der Waals surface area contributed by atoms with Crippen molar-refractivity contribution in [2.75, 3.05) is 23.3 Å². The van der Waals surface area contributed by atoms with Crippen LogP contribution >= 0.6 is 15.9 Å². The van der Waals surface area contributed by atoms with Gasteiger partial charge in [0, 0.05) is 35.8 Å². The van der Waals surface area contributed by atoms with Crippen LogP contribution in [0.4, 0.5) is 24.7 Å². The zero-order valence-electron chi connectivity index (χ0n) is 18.3. The third-order valence-corrected chi connectivity index (χ3v) is 7.94. The number of nitrogens with zero attached hydrogens (tertiary/aromatic N) is 4. The highest BCUT2D eigenvalue weighted by Gasteiger charge is 2.47. The molecule has 1 aliphatic heterocycles. The van der Waals surface area contributed by atoms with E-state index in [-0.39, 0.29) is 24.2 Å². The molecule has 2 aromatic heterocycles. The van der Waals surface area contributed by atoms with Gasteiger partial charge < -0.3 is 10.2 Å². The second-order valence-electron chi connectivity index (χ2n) is 9.84. The Hall–Kier alpha value is -2.62. The number of amides is 1. The Morgan fingerprint density at radius 3 is 2.53 bits per heavy atom. The molecule has 3 aromatic rings. The largest absolute Gasteiger partial charge is 0.371 e. The van der Waals surface area contributed by atoms with Gasteiger partial charge in [-0.15, -0.1) is 0 Å². The summed E-state index contributed by atoms with van der Waals surface area (Å²) in [6, 6.07) is 5.96. The molecular weight excluding hydrogens is 511 g/mol. The minimum atomic E-state index is -2.68. The van der Waals surface area contributed by atoms with Gasteiger partial charge in [-0.1, -0.05) is 15.9 Å². The molecule has 178 valence electrons. The van der Waals surface area contributed by atoms with Gasteiger partial charge in [0.05, 0.1) is 23.5 Å². The molecule has 3 heterocycles. The number of halogens is 4. The second kappa shape index (κ2) is 7.69. The molecule has 2 saturated carbocycles. The maximum absolute atomic E-state index is 15.1. The van der Waals surface area contributed by atoms with Gasteiger partial charge in [-0.05, 0) is 55.4 Å². The first-order chi connectivity index (χ1) is 16.2. The maximum atomic E-state index is 15.1. The molecule has 1 spiro atoms. The van der Waals surface area contributed by atoms with E-state index < -0.39 is 23.7 Å².